The molecule has 1 rings (SSSR count). The van der Waals surface area contributed by atoms with Crippen molar-refractivity contribution in [2.45, 2.75) is 39.3 Å². The summed E-state index contributed by atoms with van der Waals surface area (Å²) in [6.07, 6.45) is 0.389. The highest BCUT2D eigenvalue weighted by Gasteiger charge is 2.15. The Hall–Kier alpha value is -1.47. The first-order chi connectivity index (χ1) is 8.90. The molecule has 19 heavy (non-hydrogen) atoms. The van der Waals surface area contributed by atoms with Crippen molar-refractivity contribution in [3.8, 4) is 0 Å². The van der Waals surface area contributed by atoms with Crippen LogP contribution in [0.5, 0.6) is 0 Å². The van der Waals surface area contributed by atoms with Crippen LogP contribution in [-0.2, 0) is 4.79 Å². The van der Waals surface area contributed by atoms with Crippen LogP contribution in [0, 0.1) is 0 Å². The first kappa shape index (κ1) is 15.6. The maximum absolute atomic E-state index is 11.7. The number of carboxylic acids is 1. The highest BCUT2D eigenvalue weighted by atomic mass is 32.1. The van der Waals surface area contributed by atoms with Crippen LogP contribution in [0.25, 0.3) is 0 Å². The van der Waals surface area contributed by atoms with Crippen LogP contribution in [0.2, 0.25) is 0 Å². The fourth-order valence-electron chi connectivity index (χ4n) is 1.43. The lowest BCUT2D eigenvalue weighted by Crippen LogP contribution is -2.31. The molecular formula is C12H19N3O3S. The van der Waals surface area contributed by atoms with Gasteiger partial charge in [0.1, 0.15) is 5.01 Å². The molecule has 3 N–H and O–H groups in total. The summed E-state index contributed by atoms with van der Waals surface area (Å²) < 4.78 is 0. The topological polar surface area (TPSA) is 91.3 Å². The molecule has 0 fully saturated rings. The molecule has 0 aliphatic heterocycles. The van der Waals surface area contributed by atoms with E-state index in [0.717, 1.165) is 0 Å². The van der Waals surface area contributed by atoms with Gasteiger partial charge in [0, 0.05) is 24.4 Å². The number of carboxylic acid groups (broad SMARTS) is 1. The zero-order valence-electron chi connectivity index (χ0n) is 11.3. The molecule has 1 heterocycles. The van der Waals surface area contributed by atoms with Crippen molar-refractivity contribution in [2.24, 2.45) is 0 Å². The van der Waals surface area contributed by atoms with Gasteiger partial charge in [-0.25, -0.2) is 9.78 Å². The van der Waals surface area contributed by atoms with Gasteiger partial charge in [-0.2, -0.15) is 0 Å². The number of nitrogens with one attached hydrogen (secondary N) is 2. The minimum absolute atomic E-state index is 0.0163. The highest BCUT2D eigenvalue weighted by molar-refractivity contribution is 7.09. The lowest BCUT2D eigenvalue weighted by atomic mass is 10.3. The fourth-order valence-corrected chi connectivity index (χ4v) is 2.23. The largest absolute Gasteiger partial charge is 0.476 e. The lowest BCUT2D eigenvalue weighted by molar-refractivity contribution is -0.121. The lowest BCUT2D eigenvalue weighted by Gasteiger charge is -2.12. The second-order valence-corrected chi connectivity index (χ2v) is 5.41. The number of rotatable bonds is 7. The number of carbonyl (C=O) groups excluding carboxylic acids is 1. The van der Waals surface area contributed by atoms with Gasteiger partial charge in [0.15, 0.2) is 5.69 Å². The van der Waals surface area contributed by atoms with E-state index in [1.165, 1.54) is 16.7 Å². The van der Waals surface area contributed by atoms with Crippen LogP contribution in [0.4, 0.5) is 0 Å². The normalized spacial score (nSPS) is 12.4. The molecule has 0 aromatic carbocycles. The smallest absolute Gasteiger partial charge is 0.355 e. The SMILES string of the molecule is CC(C)NCCC(=O)NC(C)c1nc(C(=O)O)cs1. The van der Waals surface area contributed by atoms with E-state index in [1.807, 2.05) is 13.8 Å². The van der Waals surface area contributed by atoms with Crippen LogP contribution in [0.1, 0.15) is 48.7 Å². The van der Waals surface area contributed by atoms with E-state index in [4.69, 9.17) is 5.11 Å². The van der Waals surface area contributed by atoms with Crippen LogP contribution >= 0.6 is 11.3 Å². The van der Waals surface area contributed by atoms with Gasteiger partial charge in [0.2, 0.25) is 5.91 Å². The summed E-state index contributed by atoms with van der Waals surface area (Å²) in [4.78, 5) is 26.3. The van der Waals surface area contributed by atoms with Crippen LogP contribution in [-0.4, -0.2) is 34.6 Å². The van der Waals surface area contributed by atoms with Crippen molar-refractivity contribution in [2.75, 3.05) is 6.54 Å². The van der Waals surface area contributed by atoms with Gasteiger partial charge < -0.3 is 15.7 Å². The standard InChI is InChI=1S/C12H19N3O3S/c1-7(2)13-5-4-10(16)14-8(3)11-15-9(6-19-11)12(17)18/h6-8,13H,4-5H2,1-3H3,(H,14,16)(H,17,18). The van der Waals surface area contributed by atoms with Crippen LogP contribution in [0.15, 0.2) is 5.38 Å². The molecule has 0 bridgehead atoms. The molecule has 0 spiro atoms. The number of amides is 1. The third-order valence-electron chi connectivity index (χ3n) is 2.39. The summed E-state index contributed by atoms with van der Waals surface area (Å²) in [5.41, 5.74) is 0.0163. The van der Waals surface area contributed by atoms with E-state index in [2.05, 4.69) is 15.6 Å². The summed E-state index contributed by atoms with van der Waals surface area (Å²) >= 11 is 1.23. The predicted molar refractivity (Wildman–Crippen MR) is 73.4 cm³/mol. The van der Waals surface area contributed by atoms with Crippen molar-refractivity contribution in [1.29, 1.82) is 0 Å². The molecule has 0 aliphatic carbocycles. The molecule has 0 saturated heterocycles. The number of nitrogens with zero attached hydrogens (tertiary/aromatic N) is 1. The molecule has 1 amide bonds. The third kappa shape index (κ3) is 5.35. The number of thiazole rings is 1. The fraction of sp³-hybridized carbons (Fsp3) is 0.583. The minimum Gasteiger partial charge on any atom is -0.476 e. The summed E-state index contributed by atoms with van der Waals surface area (Å²) in [7, 11) is 0. The van der Waals surface area contributed by atoms with Gasteiger partial charge in [-0.1, -0.05) is 13.8 Å². The summed E-state index contributed by atoms with van der Waals surface area (Å²) in [5, 5.41) is 16.8. The second kappa shape index (κ2) is 7.20. The van der Waals surface area contributed by atoms with Gasteiger partial charge in [0.25, 0.3) is 0 Å². The zero-order chi connectivity index (χ0) is 14.4. The minimum atomic E-state index is -1.05. The molecule has 1 atom stereocenters. The Labute approximate surface area is 116 Å². The number of aromatic nitrogens is 1. The van der Waals surface area contributed by atoms with Crippen LogP contribution in [0.3, 0.4) is 0 Å². The zero-order valence-corrected chi connectivity index (χ0v) is 12.1. The quantitative estimate of drug-likeness (QED) is 0.704. The van der Waals surface area contributed by atoms with E-state index in [0.29, 0.717) is 24.0 Å². The number of aromatic carboxylic acids is 1. The van der Waals surface area contributed by atoms with Gasteiger partial charge >= 0.3 is 5.97 Å². The van der Waals surface area contributed by atoms with Crippen molar-refractivity contribution in [3.63, 3.8) is 0 Å². The summed E-state index contributed by atoms with van der Waals surface area (Å²) in [6.45, 7) is 6.44. The maximum atomic E-state index is 11.7. The van der Waals surface area contributed by atoms with Gasteiger partial charge in [0.05, 0.1) is 6.04 Å². The highest BCUT2D eigenvalue weighted by Crippen LogP contribution is 2.17. The van der Waals surface area contributed by atoms with Crippen molar-refractivity contribution < 1.29 is 14.7 Å². The Morgan fingerprint density at radius 2 is 2.11 bits per heavy atom. The molecule has 1 aromatic rings. The number of carbonyl (C=O) groups is 2. The molecule has 1 aromatic heterocycles. The molecule has 0 radical (unpaired) electrons. The van der Waals surface area contributed by atoms with E-state index in [-0.39, 0.29) is 17.6 Å². The Morgan fingerprint density at radius 1 is 1.42 bits per heavy atom. The van der Waals surface area contributed by atoms with E-state index in [9.17, 15) is 9.59 Å². The number of hydrogen-bond acceptors (Lipinski definition) is 5. The molecule has 106 valence electrons. The van der Waals surface area contributed by atoms with Crippen molar-refractivity contribution in [3.05, 3.63) is 16.1 Å². The molecule has 6 nitrogen and oxygen atoms in total. The molecular weight excluding hydrogens is 266 g/mol. The Bertz CT molecular complexity index is 445. The van der Waals surface area contributed by atoms with Crippen molar-refractivity contribution in [1.82, 2.24) is 15.6 Å². The van der Waals surface area contributed by atoms with E-state index >= 15 is 0 Å². The monoisotopic (exact) mass is 285 g/mol. The van der Waals surface area contributed by atoms with Crippen LogP contribution < -0.4 is 10.6 Å². The third-order valence-corrected chi connectivity index (χ3v) is 3.42. The van der Waals surface area contributed by atoms with Gasteiger partial charge in [-0.15, -0.1) is 11.3 Å². The first-order valence-corrected chi connectivity index (χ1v) is 6.99. The Kier molecular flexibility index (Phi) is 5.91. The average molecular weight is 285 g/mol. The predicted octanol–water partition coefficient (Wildman–Crippen LogP) is 1.41. The Balaban J connectivity index is 2.42. The van der Waals surface area contributed by atoms with E-state index < -0.39 is 5.97 Å². The van der Waals surface area contributed by atoms with E-state index in [1.54, 1.807) is 6.92 Å². The molecule has 0 aliphatic rings. The maximum Gasteiger partial charge on any atom is 0.355 e. The van der Waals surface area contributed by atoms with Crippen molar-refractivity contribution >= 4 is 23.2 Å². The summed E-state index contributed by atoms with van der Waals surface area (Å²) in [6, 6.07) is 0.0759. The second-order valence-electron chi connectivity index (χ2n) is 4.52. The molecule has 1 unspecified atom stereocenters. The average Bonchev–Trinajstić information content (AvgIpc) is 2.77. The summed E-state index contributed by atoms with van der Waals surface area (Å²) in [5.74, 6) is -1.13. The number of hydrogen-bond donors (Lipinski definition) is 3. The molecule has 7 heteroatoms. The molecule has 0 saturated carbocycles. The Morgan fingerprint density at radius 3 is 2.63 bits per heavy atom. The van der Waals surface area contributed by atoms with Gasteiger partial charge in [-0.3, -0.25) is 4.79 Å². The first-order valence-electron chi connectivity index (χ1n) is 6.11. The van der Waals surface area contributed by atoms with Gasteiger partial charge in [-0.05, 0) is 6.92 Å².